The molecule has 0 unspecified atom stereocenters. The standard InChI is InChI=1S/C14H21N3O3/c1-10-9-12(17-20-10)14(19)16-8-7-15-13(18)11-5-3-2-4-6-11/h9,11H,2-8H2,1H3,(H,15,18)(H,16,19). The minimum atomic E-state index is -0.284. The molecule has 0 aromatic carbocycles. The van der Waals surface area contributed by atoms with Gasteiger partial charge in [0.25, 0.3) is 5.91 Å². The Morgan fingerprint density at radius 2 is 1.95 bits per heavy atom. The van der Waals surface area contributed by atoms with Crippen molar-refractivity contribution in [2.75, 3.05) is 13.1 Å². The van der Waals surface area contributed by atoms with E-state index in [0.717, 1.165) is 25.7 Å². The second-order valence-corrected chi connectivity index (χ2v) is 5.20. The highest BCUT2D eigenvalue weighted by atomic mass is 16.5. The first-order valence-corrected chi connectivity index (χ1v) is 7.16. The average Bonchev–Trinajstić information content (AvgIpc) is 2.91. The summed E-state index contributed by atoms with van der Waals surface area (Å²) in [6, 6.07) is 1.58. The molecule has 0 saturated heterocycles. The Morgan fingerprint density at radius 1 is 1.25 bits per heavy atom. The van der Waals surface area contributed by atoms with Gasteiger partial charge in [-0.2, -0.15) is 0 Å². The van der Waals surface area contributed by atoms with Gasteiger partial charge in [0, 0.05) is 25.1 Å². The van der Waals surface area contributed by atoms with E-state index in [1.165, 1.54) is 6.42 Å². The monoisotopic (exact) mass is 279 g/mol. The van der Waals surface area contributed by atoms with Gasteiger partial charge >= 0.3 is 0 Å². The Morgan fingerprint density at radius 3 is 2.60 bits per heavy atom. The fourth-order valence-electron chi connectivity index (χ4n) is 2.43. The lowest BCUT2D eigenvalue weighted by Gasteiger charge is -2.20. The van der Waals surface area contributed by atoms with Crippen molar-refractivity contribution in [3.8, 4) is 0 Å². The van der Waals surface area contributed by atoms with Gasteiger partial charge < -0.3 is 15.2 Å². The number of nitrogens with zero attached hydrogens (tertiary/aromatic N) is 1. The fraction of sp³-hybridized carbons (Fsp3) is 0.643. The van der Waals surface area contributed by atoms with Crippen molar-refractivity contribution in [3.05, 3.63) is 17.5 Å². The number of hydrogen-bond donors (Lipinski definition) is 2. The minimum absolute atomic E-state index is 0.108. The van der Waals surface area contributed by atoms with E-state index in [1.807, 2.05) is 0 Å². The molecule has 6 heteroatoms. The second-order valence-electron chi connectivity index (χ2n) is 5.20. The zero-order valence-corrected chi connectivity index (χ0v) is 11.8. The van der Waals surface area contributed by atoms with Gasteiger partial charge in [0.15, 0.2) is 5.69 Å². The van der Waals surface area contributed by atoms with Crippen molar-refractivity contribution in [3.63, 3.8) is 0 Å². The molecule has 1 aromatic rings. The van der Waals surface area contributed by atoms with E-state index in [2.05, 4.69) is 15.8 Å². The summed E-state index contributed by atoms with van der Waals surface area (Å²) in [5.41, 5.74) is 0.265. The van der Waals surface area contributed by atoms with Crippen LogP contribution in [0.15, 0.2) is 10.6 Å². The van der Waals surface area contributed by atoms with Crippen LogP contribution in [-0.4, -0.2) is 30.1 Å². The molecule has 1 heterocycles. The van der Waals surface area contributed by atoms with Crippen LogP contribution in [0.5, 0.6) is 0 Å². The van der Waals surface area contributed by atoms with Crippen molar-refractivity contribution >= 4 is 11.8 Å². The molecule has 0 aliphatic heterocycles. The molecule has 1 aliphatic rings. The van der Waals surface area contributed by atoms with Gasteiger partial charge in [0.05, 0.1) is 0 Å². The molecule has 0 bridgehead atoms. The van der Waals surface area contributed by atoms with Crippen LogP contribution in [0.25, 0.3) is 0 Å². The molecule has 1 saturated carbocycles. The Hall–Kier alpha value is -1.85. The molecule has 6 nitrogen and oxygen atoms in total. The molecular weight excluding hydrogens is 258 g/mol. The van der Waals surface area contributed by atoms with Crippen LogP contribution < -0.4 is 10.6 Å². The van der Waals surface area contributed by atoms with E-state index in [4.69, 9.17) is 4.52 Å². The van der Waals surface area contributed by atoms with Crippen molar-refractivity contribution in [2.24, 2.45) is 5.92 Å². The summed E-state index contributed by atoms with van der Waals surface area (Å²) in [5.74, 6) is 0.573. The van der Waals surface area contributed by atoms with E-state index in [9.17, 15) is 9.59 Å². The summed E-state index contributed by atoms with van der Waals surface area (Å²) >= 11 is 0. The van der Waals surface area contributed by atoms with Crippen LogP contribution in [0.3, 0.4) is 0 Å². The van der Waals surface area contributed by atoms with Gasteiger partial charge in [-0.1, -0.05) is 24.4 Å². The Kier molecular flexibility index (Phi) is 5.15. The molecule has 1 fully saturated rings. The maximum Gasteiger partial charge on any atom is 0.273 e. The van der Waals surface area contributed by atoms with E-state index < -0.39 is 0 Å². The number of carbonyl (C=O) groups is 2. The number of aromatic nitrogens is 1. The molecule has 2 amide bonds. The number of amides is 2. The topological polar surface area (TPSA) is 84.2 Å². The molecule has 1 aliphatic carbocycles. The van der Waals surface area contributed by atoms with Crippen LogP contribution in [0, 0.1) is 12.8 Å². The van der Waals surface area contributed by atoms with Crippen LogP contribution in [0.1, 0.15) is 48.4 Å². The van der Waals surface area contributed by atoms with Crippen molar-refractivity contribution in [1.82, 2.24) is 15.8 Å². The smallest absolute Gasteiger partial charge is 0.273 e. The minimum Gasteiger partial charge on any atom is -0.361 e. The number of hydrogen-bond acceptors (Lipinski definition) is 4. The summed E-state index contributed by atoms with van der Waals surface area (Å²) in [4.78, 5) is 23.5. The van der Waals surface area contributed by atoms with Crippen LogP contribution in [0.2, 0.25) is 0 Å². The second kappa shape index (κ2) is 7.07. The normalized spacial score (nSPS) is 15.8. The van der Waals surface area contributed by atoms with Gasteiger partial charge in [0.2, 0.25) is 5.91 Å². The molecule has 0 atom stereocenters. The Balaban J connectivity index is 1.63. The van der Waals surface area contributed by atoms with Gasteiger partial charge in [-0.25, -0.2) is 0 Å². The van der Waals surface area contributed by atoms with Gasteiger partial charge in [-0.05, 0) is 19.8 Å². The predicted molar refractivity (Wildman–Crippen MR) is 73.2 cm³/mol. The van der Waals surface area contributed by atoms with E-state index in [1.54, 1.807) is 13.0 Å². The third-order valence-corrected chi connectivity index (χ3v) is 3.55. The van der Waals surface area contributed by atoms with Gasteiger partial charge in [-0.3, -0.25) is 9.59 Å². The highest BCUT2D eigenvalue weighted by Gasteiger charge is 2.20. The molecule has 1 aromatic heterocycles. The van der Waals surface area contributed by atoms with E-state index in [-0.39, 0.29) is 23.4 Å². The first kappa shape index (κ1) is 14.6. The highest BCUT2D eigenvalue weighted by molar-refractivity contribution is 5.92. The first-order chi connectivity index (χ1) is 9.66. The quantitative estimate of drug-likeness (QED) is 0.798. The Labute approximate surface area is 118 Å². The van der Waals surface area contributed by atoms with Crippen molar-refractivity contribution in [2.45, 2.75) is 39.0 Å². The summed E-state index contributed by atoms with van der Waals surface area (Å²) in [6.07, 6.45) is 5.48. The maximum absolute atomic E-state index is 11.9. The van der Waals surface area contributed by atoms with Crippen molar-refractivity contribution in [1.29, 1.82) is 0 Å². The highest BCUT2D eigenvalue weighted by Crippen LogP contribution is 2.23. The zero-order valence-electron chi connectivity index (χ0n) is 11.8. The number of carbonyl (C=O) groups excluding carboxylic acids is 2. The van der Waals surface area contributed by atoms with Crippen LogP contribution in [0.4, 0.5) is 0 Å². The molecule has 2 N–H and O–H groups in total. The molecular formula is C14H21N3O3. The molecule has 0 radical (unpaired) electrons. The van der Waals surface area contributed by atoms with Crippen molar-refractivity contribution < 1.29 is 14.1 Å². The summed E-state index contributed by atoms with van der Waals surface area (Å²) in [7, 11) is 0. The predicted octanol–water partition coefficient (Wildman–Crippen LogP) is 1.41. The number of nitrogens with one attached hydrogen (secondary N) is 2. The molecule has 2 rings (SSSR count). The van der Waals surface area contributed by atoms with Gasteiger partial charge in [0.1, 0.15) is 5.76 Å². The lowest BCUT2D eigenvalue weighted by Crippen LogP contribution is -2.38. The molecule has 110 valence electrons. The largest absolute Gasteiger partial charge is 0.361 e. The SMILES string of the molecule is Cc1cc(C(=O)NCCNC(=O)C2CCCCC2)no1. The zero-order chi connectivity index (χ0) is 14.4. The fourth-order valence-corrected chi connectivity index (χ4v) is 2.43. The third kappa shape index (κ3) is 4.08. The maximum atomic E-state index is 11.9. The summed E-state index contributed by atoms with van der Waals surface area (Å²) in [5, 5.41) is 9.19. The van der Waals surface area contributed by atoms with Crippen LogP contribution in [-0.2, 0) is 4.79 Å². The molecule has 20 heavy (non-hydrogen) atoms. The lowest BCUT2D eigenvalue weighted by molar-refractivity contribution is -0.125. The average molecular weight is 279 g/mol. The first-order valence-electron chi connectivity index (χ1n) is 7.16. The lowest BCUT2D eigenvalue weighted by atomic mass is 9.89. The van der Waals surface area contributed by atoms with Gasteiger partial charge in [-0.15, -0.1) is 0 Å². The number of aryl methyl sites for hydroxylation is 1. The summed E-state index contributed by atoms with van der Waals surface area (Å²) in [6.45, 7) is 2.56. The number of rotatable bonds is 5. The summed E-state index contributed by atoms with van der Waals surface area (Å²) < 4.78 is 4.83. The van der Waals surface area contributed by atoms with E-state index in [0.29, 0.717) is 18.8 Å². The van der Waals surface area contributed by atoms with E-state index >= 15 is 0 Å². The van der Waals surface area contributed by atoms with Crippen LogP contribution >= 0.6 is 0 Å². The Bertz CT molecular complexity index is 464. The molecule has 0 spiro atoms. The third-order valence-electron chi connectivity index (χ3n) is 3.55.